The van der Waals surface area contributed by atoms with Gasteiger partial charge < -0.3 is 20.3 Å². The van der Waals surface area contributed by atoms with Gasteiger partial charge in [0.1, 0.15) is 12.6 Å². The number of rotatable bonds is 8. The van der Waals surface area contributed by atoms with Gasteiger partial charge in [0, 0.05) is 5.56 Å². The highest BCUT2D eigenvalue weighted by molar-refractivity contribution is 5.94. The summed E-state index contributed by atoms with van der Waals surface area (Å²) in [4.78, 5) is 23.8. The number of amides is 1. The first-order valence-electron chi connectivity index (χ1n) is 7.61. The molecular formula is C16H24N2O6. The van der Waals surface area contributed by atoms with Crippen LogP contribution in [0.5, 0.6) is 11.5 Å². The summed E-state index contributed by atoms with van der Waals surface area (Å²) in [6.45, 7) is 3.37. The Labute approximate surface area is 140 Å². The Balaban J connectivity index is 2.55. The first-order chi connectivity index (χ1) is 11.3. The zero-order valence-electron chi connectivity index (χ0n) is 14.1. The first kappa shape index (κ1) is 19.7. The number of hydrogen-bond acceptors (Lipinski definition) is 7. The Morgan fingerprint density at radius 1 is 1.38 bits per heavy atom. The minimum absolute atomic E-state index is 0.0196. The quantitative estimate of drug-likeness (QED) is 0.368. The Morgan fingerprint density at radius 2 is 2.04 bits per heavy atom. The average Bonchev–Trinajstić information content (AvgIpc) is 2.59. The fraction of sp³-hybridized carbons (Fsp3) is 0.500. The predicted octanol–water partition coefficient (Wildman–Crippen LogP) is 1.15. The van der Waals surface area contributed by atoms with Gasteiger partial charge >= 0.3 is 5.97 Å². The monoisotopic (exact) mass is 340 g/mol. The third-order valence-electron chi connectivity index (χ3n) is 3.74. The molecule has 4 N–H and O–H groups in total. The van der Waals surface area contributed by atoms with E-state index in [1.54, 1.807) is 0 Å². The molecule has 8 heteroatoms. The third kappa shape index (κ3) is 5.10. The van der Waals surface area contributed by atoms with Crippen molar-refractivity contribution in [3.63, 3.8) is 0 Å². The molecule has 0 saturated heterocycles. The van der Waals surface area contributed by atoms with Crippen molar-refractivity contribution in [3.05, 3.63) is 23.8 Å². The van der Waals surface area contributed by atoms with Crippen molar-refractivity contribution in [2.75, 3.05) is 20.3 Å². The number of hydrogen-bond donors (Lipinski definition) is 3. The van der Waals surface area contributed by atoms with Gasteiger partial charge in [0.2, 0.25) is 0 Å². The second-order valence-electron chi connectivity index (χ2n) is 5.39. The van der Waals surface area contributed by atoms with Crippen LogP contribution in [0.1, 0.15) is 30.6 Å². The molecule has 134 valence electrons. The van der Waals surface area contributed by atoms with Crippen LogP contribution in [0, 0.1) is 5.92 Å². The van der Waals surface area contributed by atoms with Crippen LogP contribution < -0.4 is 10.5 Å². The Bertz CT molecular complexity index is 578. The van der Waals surface area contributed by atoms with Gasteiger partial charge in [0.25, 0.3) is 5.91 Å². The van der Waals surface area contributed by atoms with Gasteiger partial charge in [0.05, 0.1) is 13.7 Å². The summed E-state index contributed by atoms with van der Waals surface area (Å²) in [7, 11) is 1.35. The number of aromatic hydroxyl groups is 1. The summed E-state index contributed by atoms with van der Waals surface area (Å²) in [6, 6.07) is 3.18. The first-order valence-corrected chi connectivity index (χ1v) is 7.61. The van der Waals surface area contributed by atoms with Crippen molar-refractivity contribution < 1.29 is 29.4 Å². The van der Waals surface area contributed by atoms with Crippen molar-refractivity contribution in [2.24, 2.45) is 11.7 Å². The highest BCUT2D eigenvalue weighted by Gasteiger charge is 2.22. The summed E-state index contributed by atoms with van der Waals surface area (Å²) in [5.41, 5.74) is 5.85. The Kier molecular flexibility index (Phi) is 7.47. The van der Waals surface area contributed by atoms with Gasteiger partial charge in [-0.05, 0) is 24.1 Å². The van der Waals surface area contributed by atoms with Crippen LogP contribution in [0.25, 0.3) is 0 Å². The van der Waals surface area contributed by atoms with E-state index in [1.165, 1.54) is 25.3 Å². The summed E-state index contributed by atoms with van der Waals surface area (Å²) in [5.74, 6) is -1.31. The van der Waals surface area contributed by atoms with E-state index in [0.717, 1.165) is 6.42 Å². The molecule has 1 aromatic rings. The number of phenols is 1. The molecule has 24 heavy (non-hydrogen) atoms. The molecule has 0 bridgehead atoms. The zero-order valence-corrected chi connectivity index (χ0v) is 14.1. The molecule has 0 spiro atoms. The van der Waals surface area contributed by atoms with Crippen molar-refractivity contribution in [1.29, 1.82) is 0 Å². The minimum Gasteiger partial charge on any atom is -0.504 e. The molecule has 1 rings (SSSR count). The van der Waals surface area contributed by atoms with Crippen LogP contribution >= 0.6 is 0 Å². The van der Waals surface area contributed by atoms with Crippen LogP contribution in [0.4, 0.5) is 0 Å². The lowest BCUT2D eigenvalue weighted by Crippen LogP contribution is -2.39. The van der Waals surface area contributed by atoms with Gasteiger partial charge in [-0.2, -0.15) is 0 Å². The van der Waals surface area contributed by atoms with E-state index in [9.17, 15) is 19.9 Å². The van der Waals surface area contributed by atoms with E-state index in [0.29, 0.717) is 5.06 Å². The van der Waals surface area contributed by atoms with Crippen LogP contribution in [0.3, 0.4) is 0 Å². The summed E-state index contributed by atoms with van der Waals surface area (Å²) in [6.07, 6.45) is 0.740. The number of carbonyl (C=O) groups excluding carboxylic acids is 2. The van der Waals surface area contributed by atoms with Crippen molar-refractivity contribution >= 4 is 11.9 Å². The second-order valence-corrected chi connectivity index (χ2v) is 5.39. The predicted molar refractivity (Wildman–Crippen MR) is 85.9 cm³/mol. The van der Waals surface area contributed by atoms with Crippen LogP contribution in [0.15, 0.2) is 18.2 Å². The normalized spacial score (nSPS) is 13.0. The largest absolute Gasteiger partial charge is 0.504 e. The van der Waals surface area contributed by atoms with Crippen LogP contribution in [0.2, 0.25) is 0 Å². The molecule has 0 aliphatic carbocycles. The molecule has 0 heterocycles. The summed E-state index contributed by atoms with van der Waals surface area (Å²) < 4.78 is 9.87. The smallest absolute Gasteiger partial charge is 0.323 e. The van der Waals surface area contributed by atoms with Gasteiger partial charge in [-0.3, -0.25) is 14.8 Å². The highest BCUT2D eigenvalue weighted by atomic mass is 16.5. The molecule has 1 amide bonds. The fourth-order valence-electron chi connectivity index (χ4n) is 1.88. The Hall–Kier alpha value is -2.32. The number of methoxy groups -OCH3 is 1. The molecule has 0 aliphatic heterocycles. The fourth-order valence-corrected chi connectivity index (χ4v) is 1.88. The number of phenolic OH excluding ortho intramolecular Hbond substituents is 1. The lowest BCUT2D eigenvalue weighted by Gasteiger charge is -2.19. The molecule has 0 fully saturated rings. The van der Waals surface area contributed by atoms with E-state index in [1.807, 2.05) is 13.8 Å². The van der Waals surface area contributed by atoms with E-state index in [-0.39, 0.29) is 36.1 Å². The molecule has 0 aliphatic rings. The van der Waals surface area contributed by atoms with Gasteiger partial charge in [-0.1, -0.05) is 20.3 Å². The van der Waals surface area contributed by atoms with E-state index in [2.05, 4.69) is 0 Å². The van der Waals surface area contributed by atoms with E-state index in [4.69, 9.17) is 15.2 Å². The number of nitrogens with two attached hydrogens (primary N) is 1. The number of benzene rings is 1. The maximum atomic E-state index is 12.1. The minimum atomic E-state index is -0.737. The van der Waals surface area contributed by atoms with Crippen molar-refractivity contribution in [1.82, 2.24) is 5.06 Å². The molecule has 0 saturated carbocycles. The molecule has 0 radical (unpaired) electrons. The molecule has 0 unspecified atom stereocenters. The molecule has 2 atom stereocenters. The lowest BCUT2D eigenvalue weighted by atomic mass is 10.0. The summed E-state index contributed by atoms with van der Waals surface area (Å²) >= 11 is 0. The number of hydroxylamine groups is 2. The number of carbonyl (C=O) groups is 2. The Morgan fingerprint density at radius 3 is 2.62 bits per heavy atom. The second kappa shape index (κ2) is 9.09. The molecule has 8 nitrogen and oxygen atoms in total. The highest BCUT2D eigenvalue weighted by Crippen LogP contribution is 2.26. The van der Waals surface area contributed by atoms with Crippen molar-refractivity contribution in [3.8, 4) is 11.5 Å². The van der Waals surface area contributed by atoms with Gasteiger partial charge in [-0.25, -0.2) is 5.06 Å². The average molecular weight is 340 g/mol. The van der Waals surface area contributed by atoms with Crippen LogP contribution in [-0.2, 0) is 9.53 Å². The topological polar surface area (TPSA) is 122 Å². The number of ether oxygens (including phenoxy) is 2. The zero-order chi connectivity index (χ0) is 18.3. The number of esters is 1. The van der Waals surface area contributed by atoms with E-state index >= 15 is 0 Å². The van der Waals surface area contributed by atoms with Crippen molar-refractivity contribution in [2.45, 2.75) is 26.3 Å². The number of nitrogens with zero attached hydrogens (tertiary/aromatic N) is 1. The van der Waals surface area contributed by atoms with Gasteiger partial charge in [-0.15, -0.1) is 0 Å². The summed E-state index contributed by atoms with van der Waals surface area (Å²) in [5, 5.41) is 19.7. The lowest BCUT2D eigenvalue weighted by molar-refractivity contribution is -0.149. The maximum absolute atomic E-state index is 12.1. The molecule has 1 aromatic carbocycles. The van der Waals surface area contributed by atoms with E-state index < -0.39 is 17.9 Å². The molecular weight excluding hydrogens is 316 g/mol. The third-order valence-corrected chi connectivity index (χ3v) is 3.74. The molecule has 0 aromatic heterocycles. The maximum Gasteiger partial charge on any atom is 0.323 e. The standard InChI is InChI=1S/C16H24N2O6/c1-4-10(2)14(17)16(21)24-8-7-18(22)15(20)11-5-6-12(19)13(9-11)23-3/h5-6,9-10,14,19,22H,4,7-8,17H2,1-3H3/t10-,14-/m0/s1. The van der Waals surface area contributed by atoms with Crippen LogP contribution in [-0.4, -0.2) is 53.6 Å². The van der Waals surface area contributed by atoms with Gasteiger partial charge in [0.15, 0.2) is 11.5 Å². The SMILES string of the molecule is CC[C@H](C)[C@H](N)C(=O)OCCN(O)C(=O)c1ccc(O)c(OC)c1.